The second-order valence-corrected chi connectivity index (χ2v) is 5.85. The van der Waals surface area contributed by atoms with E-state index in [9.17, 15) is 4.79 Å². The van der Waals surface area contributed by atoms with Gasteiger partial charge in [0.1, 0.15) is 12.4 Å². The molecule has 0 spiro atoms. The highest BCUT2D eigenvalue weighted by Gasteiger charge is 2.04. The van der Waals surface area contributed by atoms with Crippen LogP contribution in [-0.4, -0.2) is 15.6 Å². The van der Waals surface area contributed by atoms with Gasteiger partial charge in [0, 0.05) is 30.1 Å². The van der Waals surface area contributed by atoms with Crippen molar-refractivity contribution in [3.05, 3.63) is 66.4 Å². The zero-order valence-corrected chi connectivity index (χ0v) is 13.5. The van der Waals surface area contributed by atoms with Gasteiger partial charge in [-0.3, -0.25) is 4.79 Å². The number of hydrogen-bond acceptors (Lipinski definition) is 2. The van der Waals surface area contributed by atoms with Crippen LogP contribution in [0, 0.1) is 0 Å². The van der Waals surface area contributed by atoms with Crippen LogP contribution in [0.15, 0.2) is 60.8 Å². The van der Waals surface area contributed by atoms with Gasteiger partial charge in [0.05, 0.1) is 0 Å². The molecule has 4 heteroatoms. The van der Waals surface area contributed by atoms with Gasteiger partial charge in [-0.2, -0.15) is 0 Å². The molecule has 2 aromatic carbocycles. The summed E-state index contributed by atoms with van der Waals surface area (Å²) in [6.07, 6.45) is 3.85. The molecule has 0 aliphatic rings. The molecule has 0 aliphatic carbocycles. The molecule has 0 aliphatic heterocycles. The van der Waals surface area contributed by atoms with E-state index in [-0.39, 0.29) is 6.42 Å². The maximum Gasteiger partial charge on any atom is 0.303 e. The van der Waals surface area contributed by atoms with E-state index in [1.165, 1.54) is 0 Å². The van der Waals surface area contributed by atoms with Gasteiger partial charge in [0.2, 0.25) is 0 Å². The number of hydrogen-bond donors (Lipinski definition) is 1. The zero-order chi connectivity index (χ0) is 16.8. The van der Waals surface area contributed by atoms with Gasteiger partial charge in [0.25, 0.3) is 0 Å². The lowest BCUT2D eigenvalue weighted by Gasteiger charge is -2.08. The minimum Gasteiger partial charge on any atom is -0.489 e. The van der Waals surface area contributed by atoms with E-state index in [1.54, 1.807) is 0 Å². The maximum absolute atomic E-state index is 10.6. The predicted molar refractivity (Wildman–Crippen MR) is 94.2 cm³/mol. The van der Waals surface area contributed by atoms with Gasteiger partial charge in [-0.1, -0.05) is 30.3 Å². The van der Waals surface area contributed by atoms with Crippen molar-refractivity contribution in [3.8, 4) is 5.75 Å². The summed E-state index contributed by atoms with van der Waals surface area (Å²) in [5, 5.41) is 9.82. The Kier molecular flexibility index (Phi) is 5.16. The first-order valence-electron chi connectivity index (χ1n) is 8.20. The summed E-state index contributed by atoms with van der Waals surface area (Å²) >= 11 is 0. The molecular formula is C20H21NO3. The zero-order valence-electron chi connectivity index (χ0n) is 13.5. The molecule has 0 radical (unpaired) electrons. The molecule has 0 bridgehead atoms. The molecule has 1 N–H and O–H groups in total. The van der Waals surface area contributed by atoms with Crippen LogP contribution in [-0.2, 0) is 17.9 Å². The summed E-state index contributed by atoms with van der Waals surface area (Å²) in [4.78, 5) is 10.6. The highest BCUT2D eigenvalue weighted by Crippen LogP contribution is 2.23. The van der Waals surface area contributed by atoms with Crippen molar-refractivity contribution in [2.24, 2.45) is 0 Å². The van der Waals surface area contributed by atoms with Crippen molar-refractivity contribution >= 4 is 16.9 Å². The van der Waals surface area contributed by atoms with Crippen molar-refractivity contribution in [3.63, 3.8) is 0 Å². The Balaban J connectivity index is 1.61. The first-order valence-corrected chi connectivity index (χ1v) is 8.20. The van der Waals surface area contributed by atoms with E-state index in [4.69, 9.17) is 9.84 Å². The lowest BCUT2D eigenvalue weighted by atomic mass is 10.2. The molecular weight excluding hydrogens is 302 g/mol. The number of carboxylic acid groups (broad SMARTS) is 1. The monoisotopic (exact) mass is 323 g/mol. The van der Waals surface area contributed by atoms with Crippen molar-refractivity contribution in [1.29, 1.82) is 0 Å². The molecule has 0 fully saturated rings. The number of fused-ring (bicyclic) bond motifs is 1. The van der Waals surface area contributed by atoms with E-state index >= 15 is 0 Å². The molecule has 1 aromatic heterocycles. The lowest BCUT2D eigenvalue weighted by Crippen LogP contribution is -1.99. The topological polar surface area (TPSA) is 51.5 Å². The number of unbranched alkanes of at least 4 members (excludes halogenated alkanes) is 1. The first kappa shape index (κ1) is 16.1. The molecule has 1 heterocycles. The molecule has 0 amide bonds. The Morgan fingerprint density at radius 2 is 1.88 bits per heavy atom. The Morgan fingerprint density at radius 3 is 2.67 bits per heavy atom. The number of aliphatic carboxylic acids is 1. The van der Waals surface area contributed by atoms with Crippen LogP contribution in [0.5, 0.6) is 5.75 Å². The number of rotatable bonds is 8. The largest absolute Gasteiger partial charge is 0.489 e. The van der Waals surface area contributed by atoms with Crippen LogP contribution in [0.25, 0.3) is 10.9 Å². The summed E-state index contributed by atoms with van der Waals surface area (Å²) in [7, 11) is 0. The Morgan fingerprint density at radius 1 is 1.04 bits per heavy atom. The van der Waals surface area contributed by atoms with E-state index in [2.05, 4.69) is 16.7 Å². The van der Waals surface area contributed by atoms with Crippen molar-refractivity contribution < 1.29 is 14.6 Å². The molecule has 24 heavy (non-hydrogen) atoms. The minimum atomic E-state index is -0.729. The number of carbonyl (C=O) groups is 1. The second-order valence-electron chi connectivity index (χ2n) is 5.85. The minimum absolute atomic E-state index is 0.233. The van der Waals surface area contributed by atoms with Gasteiger partial charge in [-0.15, -0.1) is 0 Å². The molecule has 3 rings (SSSR count). The molecule has 3 aromatic rings. The van der Waals surface area contributed by atoms with Crippen LogP contribution in [0.2, 0.25) is 0 Å². The smallest absolute Gasteiger partial charge is 0.303 e. The van der Waals surface area contributed by atoms with Crippen LogP contribution in [0.4, 0.5) is 0 Å². The molecule has 0 saturated carbocycles. The summed E-state index contributed by atoms with van der Waals surface area (Å²) in [6, 6.07) is 18.3. The standard InChI is InChI=1S/C20H21NO3/c22-20(23)8-4-5-12-21-13-11-17-14-18(9-10-19(17)21)24-15-16-6-2-1-3-7-16/h1-3,6-7,9-11,13-14H,4-5,8,12,15H2,(H,22,23). The van der Waals surface area contributed by atoms with Crippen molar-refractivity contribution in [2.75, 3.05) is 0 Å². The van der Waals surface area contributed by atoms with Crippen molar-refractivity contribution in [1.82, 2.24) is 4.57 Å². The van der Waals surface area contributed by atoms with E-state index in [0.717, 1.165) is 35.2 Å². The third-order valence-corrected chi connectivity index (χ3v) is 4.03. The summed E-state index contributed by atoms with van der Waals surface area (Å²) in [5.74, 6) is 0.127. The van der Waals surface area contributed by atoms with Gasteiger partial charge < -0.3 is 14.4 Å². The van der Waals surface area contributed by atoms with E-state index in [1.807, 2.05) is 48.7 Å². The highest BCUT2D eigenvalue weighted by atomic mass is 16.5. The van der Waals surface area contributed by atoms with Gasteiger partial charge >= 0.3 is 5.97 Å². The molecule has 0 atom stereocenters. The van der Waals surface area contributed by atoms with E-state index < -0.39 is 5.97 Å². The SMILES string of the molecule is O=C(O)CCCCn1ccc2cc(OCc3ccccc3)ccc21. The maximum atomic E-state index is 10.6. The number of aryl methyl sites for hydroxylation is 1. The van der Waals surface area contributed by atoms with Gasteiger partial charge in [0.15, 0.2) is 0 Å². The summed E-state index contributed by atoms with van der Waals surface area (Å²) < 4.78 is 8.02. The Bertz CT molecular complexity index is 808. The normalized spacial score (nSPS) is 10.8. The molecule has 124 valence electrons. The molecule has 0 unspecified atom stereocenters. The number of nitrogens with zero attached hydrogens (tertiary/aromatic N) is 1. The first-order chi connectivity index (χ1) is 11.7. The third kappa shape index (κ3) is 4.16. The van der Waals surface area contributed by atoms with Crippen LogP contribution >= 0.6 is 0 Å². The highest BCUT2D eigenvalue weighted by molar-refractivity contribution is 5.81. The van der Waals surface area contributed by atoms with Crippen LogP contribution in [0.3, 0.4) is 0 Å². The summed E-state index contributed by atoms with van der Waals surface area (Å²) in [5.41, 5.74) is 2.30. The quantitative estimate of drug-likeness (QED) is 0.622. The predicted octanol–water partition coefficient (Wildman–Crippen LogP) is 4.48. The fourth-order valence-corrected chi connectivity index (χ4v) is 2.76. The molecule has 0 saturated heterocycles. The van der Waals surface area contributed by atoms with Crippen molar-refractivity contribution in [2.45, 2.75) is 32.4 Å². The number of carboxylic acids is 1. The van der Waals surface area contributed by atoms with Gasteiger partial charge in [-0.25, -0.2) is 0 Å². The number of benzene rings is 2. The third-order valence-electron chi connectivity index (χ3n) is 4.03. The Labute approximate surface area is 141 Å². The average molecular weight is 323 g/mol. The Hall–Kier alpha value is -2.75. The fourth-order valence-electron chi connectivity index (χ4n) is 2.76. The number of aromatic nitrogens is 1. The van der Waals surface area contributed by atoms with E-state index in [0.29, 0.717) is 13.0 Å². The average Bonchev–Trinajstić information content (AvgIpc) is 3.00. The van der Waals surface area contributed by atoms with Crippen LogP contribution in [0.1, 0.15) is 24.8 Å². The lowest BCUT2D eigenvalue weighted by molar-refractivity contribution is -0.137. The van der Waals surface area contributed by atoms with Gasteiger partial charge in [-0.05, 0) is 42.7 Å². The molecule has 4 nitrogen and oxygen atoms in total. The summed E-state index contributed by atoms with van der Waals surface area (Å²) in [6.45, 7) is 1.39. The fraction of sp³-hybridized carbons (Fsp3) is 0.250. The second kappa shape index (κ2) is 7.68. The number of ether oxygens (including phenoxy) is 1. The van der Waals surface area contributed by atoms with Crippen LogP contribution < -0.4 is 4.74 Å².